The lowest BCUT2D eigenvalue weighted by Crippen LogP contribution is -2.03. The van der Waals surface area contributed by atoms with Gasteiger partial charge in [-0.05, 0) is 30.7 Å². The highest BCUT2D eigenvalue weighted by molar-refractivity contribution is 5.88. The van der Waals surface area contributed by atoms with Crippen LogP contribution in [0, 0.1) is 6.92 Å². The summed E-state index contributed by atoms with van der Waals surface area (Å²) in [5.41, 5.74) is 2.36. The van der Waals surface area contributed by atoms with Crippen molar-refractivity contribution in [1.29, 1.82) is 0 Å². The number of pyridine rings is 1. The number of rotatable bonds is 2. The van der Waals surface area contributed by atoms with Crippen molar-refractivity contribution >= 4 is 22.9 Å². The van der Waals surface area contributed by atoms with Crippen LogP contribution in [0.3, 0.4) is 0 Å². The molecule has 2 aromatic rings. The summed E-state index contributed by atoms with van der Waals surface area (Å²) in [4.78, 5) is 25.9. The first kappa shape index (κ1) is 12.1. The zero-order chi connectivity index (χ0) is 13.1. The Bertz CT molecular complexity index is 683. The average molecular weight is 243 g/mol. The summed E-state index contributed by atoms with van der Waals surface area (Å²) in [6.07, 6.45) is 2.94. The lowest BCUT2D eigenvalue weighted by Gasteiger charge is -2.01. The number of esters is 1. The first-order valence-electron chi connectivity index (χ1n) is 5.50. The molecule has 1 aromatic heterocycles. The van der Waals surface area contributed by atoms with Gasteiger partial charge in [-0.3, -0.25) is 4.79 Å². The number of fused-ring (bicyclic) bond motifs is 1. The Morgan fingerprint density at radius 1 is 1.33 bits per heavy atom. The van der Waals surface area contributed by atoms with Gasteiger partial charge in [-0.25, -0.2) is 4.79 Å². The molecular weight excluding hydrogens is 230 g/mol. The van der Waals surface area contributed by atoms with Crippen molar-refractivity contribution in [3.63, 3.8) is 0 Å². The molecule has 0 aliphatic heterocycles. The molecule has 0 radical (unpaired) electrons. The highest BCUT2D eigenvalue weighted by Gasteiger charge is 2.00. The predicted octanol–water partition coefficient (Wildman–Crippen LogP) is 2.02. The number of nitrogens with one attached hydrogen (secondary N) is 1. The van der Waals surface area contributed by atoms with Crippen LogP contribution in [0.25, 0.3) is 17.0 Å². The summed E-state index contributed by atoms with van der Waals surface area (Å²) >= 11 is 0. The number of methoxy groups -OCH3 is 1. The maximum Gasteiger partial charge on any atom is 0.330 e. The molecule has 2 rings (SSSR count). The largest absolute Gasteiger partial charge is 0.466 e. The van der Waals surface area contributed by atoms with Gasteiger partial charge in [0.05, 0.1) is 7.11 Å². The van der Waals surface area contributed by atoms with E-state index in [9.17, 15) is 9.59 Å². The van der Waals surface area contributed by atoms with E-state index in [0.29, 0.717) is 5.39 Å². The van der Waals surface area contributed by atoms with Crippen LogP contribution >= 0.6 is 0 Å². The molecule has 0 atom stereocenters. The summed E-state index contributed by atoms with van der Waals surface area (Å²) in [5.74, 6) is -0.423. The minimum Gasteiger partial charge on any atom is -0.466 e. The molecule has 92 valence electrons. The molecule has 0 aliphatic rings. The minimum atomic E-state index is -0.423. The number of aromatic amines is 1. The second-order valence-electron chi connectivity index (χ2n) is 3.98. The van der Waals surface area contributed by atoms with Gasteiger partial charge in [0.15, 0.2) is 5.43 Å². The third kappa shape index (κ3) is 2.48. The molecule has 1 aromatic carbocycles. The third-order valence-electron chi connectivity index (χ3n) is 2.60. The van der Waals surface area contributed by atoms with Gasteiger partial charge in [0.2, 0.25) is 0 Å². The van der Waals surface area contributed by atoms with Crippen LogP contribution in [-0.2, 0) is 9.53 Å². The molecule has 0 saturated heterocycles. The predicted molar refractivity (Wildman–Crippen MR) is 70.4 cm³/mol. The van der Waals surface area contributed by atoms with E-state index in [1.807, 2.05) is 19.1 Å². The number of aryl methyl sites for hydroxylation is 1. The van der Waals surface area contributed by atoms with Gasteiger partial charge in [0, 0.05) is 28.7 Å². The molecule has 1 heterocycles. The molecule has 0 amide bonds. The van der Waals surface area contributed by atoms with Crippen LogP contribution in [0.1, 0.15) is 11.3 Å². The van der Waals surface area contributed by atoms with Crippen molar-refractivity contribution in [1.82, 2.24) is 4.98 Å². The zero-order valence-corrected chi connectivity index (χ0v) is 10.2. The van der Waals surface area contributed by atoms with Gasteiger partial charge in [0.1, 0.15) is 0 Å². The number of H-pyrrole nitrogens is 1. The van der Waals surface area contributed by atoms with E-state index in [4.69, 9.17) is 0 Å². The Hall–Kier alpha value is -2.36. The van der Waals surface area contributed by atoms with Gasteiger partial charge < -0.3 is 9.72 Å². The quantitative estimate of drug-likeness (QED) is 0.648. The van der Waals surface area contributed by atoms with Crippen molar-refractivity contribution in [3.05, 3.63) is 51.8 Å². The van der Waals surface area contributed by atoms with Gasteiger partial charge in [-0.15, -0.1) is 0 Å². The molecule has 0 bridgehead atoms. The number of hydrogen-bond donors (Lipinski definition) is 1. The van der Waals surface area contributed by atoms with Crippen LogP contribution in [0.15, 0.2) is 35.1 Å². The molecule has 0 saturated carbocycles. The minimum absolute atomic E-state index is 0.0328. The summed E-state index contributed by atoms with van der Waals surface area (Å²) in [7, 11) is 1.32. The fraction of sp³-hybridized carbons (Fsp3) is 0.143. The van der Waals surface area contributed by atoms with Gasteiger partial charge in [0.25, 0.3) is 0 Å². The average Bonchev–Trinajstić information content (AvgIpc) is 2.36. The lowest BCUT2D eigenvalue weighted by molar-refractivity contribution is -0.134. The van der Waals surface area contributed by atoms with E-state index in [2.05, 4.69) is 9.72 Å². The Balaban J connectivity index is 2.48. The lowest BCUT2D eigenvalue weighted by atomic mass is 10.1. The molecule has 0 spiro atoms. The Labute approximate surface area is 104 Å². The molecule has 4 heteroatoms. The topological polar surface area (TPSA) is 59.2 Å². The molecule has 1 N–H and O–H groups in total. The van der Waals surface area contributed by atoms with Crippen molar-refractivity contribution in [2.45, 2.75) is 6.92 Å². The Morgan fingerprint density at radius 2 is 2.11 bits per heavy atom. The summed E-state index contributed by atoms with van der Waals surface area (Å²) in [5, 5.41) is 0.604. The van der Waals surface area contributed by atoms with Crippen LogP contribution in [0.5, 0.6) is 0 Å². The molecular formula is C14H13NO3. The fourth-order valence-electron chi connectivity index (χ4n) is 1.73. The second kappa shape index (κ2) is 4.87. The monoisotopic (exact) mass is 243 g/mol. The van der Waals surface area contributed by atoms with E-state index >= 15 is 0 Å². The molecule has 4 nitrogen and oxygen atoms in total. The number of hydrogen-bond acceptors (Lipinski definition) is 3. The van der Waals surface area contributed by atoms with Crippen molar-refractivity contribution in [3.8, 4) is 0 Å². The molecule has 0 unspecified atom stereocenters. The van der Waals surface area contributed by atoms with Crippen LogP contribution < -0.4 is 5.43 Å². The van der Waals surface area contributed by atoms with E-state index in [-0.39, 0.29) is 5.43 Å². The number of aromatic nitrogens is 1. The van der Waals surface area contributed by atoms with Crippen LogP contribution in [0.4, 0.5) is 0 Å². The Kier molecular flexibility index (Phi) is 3.28. The van der Waals surface area contributed by atoms with E-state index in [1.54, 1.807) is 18.2 Å². The maximum absolute atomic E-state index is 11.8. The third-order valence-corrected chi connectivity index (χ3v) is 2.60. The van der Waals surface area contributed by atoms with Crippen LogP contribution in [0.2, 0.25) is 0 Å². The first-order valence-corrected chi connectivity index (χ1v) is 5.50. The van der Waals surface area contributed by atoms with Gasteiger partial charge in [-0.1, -0.05) is 6.07 Å². The van der Waals surface area contributed by atoms with Gasteiger partial charge >= 0.3 is 5.97 Å². The Morgan fingerprint density at radius 3 is 2.83 bits per heavy atom. The standard InChI is InChI=1S/C14H13NO3/c1-9-7-13(16)11-8-10(3-5-12(11)15-9)4-6-14(17)18-2/h3-8H,1-2H3,(H,15,16). The molecule has 0 aliphatic carbocycles. The van der Waals surface area contributed by atoms with Crippen molar-refractivity contribution < 1.29 is 9.53 Å². The first-order chi connectivity index (χ1) is 8.60. The maximum atomic E-state index is 11.8. The van der Waals surface area contributed by atoms with E-state index < -0.39 is 5.97 Å². The molecule has 0 fully saturated rings. The highest BCUT2D eigenvalue weighted by atomic mass is 16.5. The number of carbonyl (C=O) groups is 1. The highest BCUT2D eigenvalue weighted by Crippen LogP contribution is 2.12. The smallest absolute Gasteiger partial charge is 0.330 e. The zero-order valence-electron chi connectivity index (χ0n) is 10.2. The fourth-order valence-corrected chi connectivity index (χ4v) is 1.73. The SMILES string of the molecule is COC(=O)C=Cc1ccc2[nH]c(C)cc(=O)c2c1. The number of carbonyl (C=O) groups excluding carboxylic acids is 1. The van der Waals surface area contributed by atoms with E-state index in [1.165, 1.54) is 13.2 Å². The summed E-state index contributed by atoms with van der Waals surface area (Å²) < 4.78 is 4.51. The van der Waals surface area contributed by atoms with Crippen LogP contribution in [-0.4, -0.2) is 18.1 Å². The van der Waals surface area contributed by atoms with Crippen molar-refractivity contribution in [2.75, 3.05) is 7.11 Å². The normalized spacial score (nSPS) is 11.0. The number of benzene rings is 1. The molecule has 18 heavy (non-hydrogen) atoms. The number of ether oxygens (including phenoxy) is 1. The van der Waals surface area contributed by atoms with Gasteiger partial charge in [-0.2, -0.15) is 0 Å². The second-order valence-corrected chi connectivity index (χ2v) is 3.98. The summed E-state index contributed by atoms with van der Waals surface area (Å²) in [6, 6.07) is 6.95. The van der Waals surface area contributed by atoms with Crippen molar-refractivity contribution in [2.24, 2.45) is 0 Å². The summed E-state index contributed by atoms with van der Waals surface area (Å²) in [6.45, 7) is 1.84. The van der Waals surface area contributed by atoms with E-state index in [0.717, 1.165) is 16.8 Å².